The number of carbonyl (C=O) groups excluding carboxylic acids is 1. The van der Waals surface area contributed by atoms with Gasteiger partial charge in [0.15, 0.2) is 0 Å². The lowest BCUT2D eigenvalue weighted by Crippen LogP contribution is -2.33. The van der Waals surface area contributed by atoms with Crippen molar-refractivity contribution in [3.8, 4) is 11.5 Å². The number of hydrogen-bond acceptors (Lipinski definition) is 4. The highest BCUT2D eigenvalue weighted by molar-refractivity contribution is 5.97. The fourth-order valence-electron chi connectivity index (χ4n) is 2.65. The molecule has 0 spiro atoms. The summed E-state index contributed by atoms with van der Waals surface area (Å²) >= 11 is 0. The number of likely N-dealkylation sites (tertiary alicyclic amines) is 1. The molecule has 0 radical (unpaired) electrons. The van der Waals surface area contributed by atoms with E-state index in [4.69, 9.17) is 4.74 Å². The van der Waals surface area contributed by atoms with Gasteiger partial charge in [-0.2, -0.15) is 0 Å². The van der Waals surface area contributed by atoms with Crippen molar-refractivity contribution in [2.24, 2.45) is 5.92 Å². The van der Waals surface area contributed by atoms with Gasteiger partial charge in [0, 0.05) is 19.1 Å². The zero-order chi connectivity index (χ0) is 15.4. The third kappa shape index (κ3) is 3.88. The third-order valence-corrected chi connectivity index (χ3v) is 4.05. The van der Waals surface area contributed by atoms with E-state index in [0.29, 0.717) is 24.3 Å². The Morgan fingerprint density at radius 3 is 2.90 bits per heavy atom. The van der Waals surface area contributed by atoms with E-state index >= 15 is 0 Å². The van der Waals surface area contributed by atoms with E-state index in [1.165, 1.54) is 13.2 Å². The number of benzene rings is 1. The van der Waals surface area contributed by atoms with Gasteiger partial charge in [0.05, 0.1) is 12.7 Å². The summed E-state index contributed by atoms with van der Waals surface area (Å²) in [6, 6.07) is 5.21. The predicted octanol–water partition coefficient (Wildman–Crippen LogP) is 1.86. The van der Waals surface area contributed by atoms with Crippen molar-refractivity contribution in [2.75, 3.05) is 26.7 Å². The molecule has 1 heterocycles. The van der Waals surface area contributed by atoms with E-state index in [0.717, 1.165) is 19.5 Å². The van der Waals surface area contributed by atoms with Crippen LogP contribution in [0.1, 0.15) is 30.6 Å². The number of ether oxygens (including phenoxy) is 1. The summed E-state index contributed by atoms with van der Waals surface area (Å²) in [6.45, 7) is 7.12. The summed E-state index contributed by atoms with van der Waals surface area (Å²) in [7, 11) is 1.53. The molecule has 1 aromatic carbocycles. The average Bonchev–Trinajstić information content (AvgIpc) is 2.94. The molecular formula is C16H24N2O3. The first-order chi connectivity index (χ1) is 10.0. The summed E-state index contributed by atoms with van der Waals surface area (Å²) in [5.41, 5.74) is 0.257. The quantitative estimate of drug-likeness (QED) is 0.869. The van der Waals surface area contributed by atoms with Crippen LogP contribution in [0.5, 0.6) is 11.5 Å². The Morgan fingerprint density at radius 2 is 2.29 bits per heavy atom. The second-order valence-corrected chi connectivity index (χ2v) is 5.84. The molecule has 0 bridgehead atoms. The van der Waals surface area contributed by atoms with Crippen molar-refractivity contribution < 1.29 is 14.6 Å². The van der Waals surface area contributed by atoms with Crippen molar-refractivity contribution in [3.05, 3.63) is 23.8 Å². The SMILES string of the molecule is COc1ccc(O)c(C(=O)NCC2CCN(C(C)C)C2)c1. The second kappa shape index (κ2) is 6.80. The van der Waals surface area contributed by atoms with E-state index in [1.807, 2.05) is 0 Å². The largest absolute Gasteiger partial charge is 0.507 e. The minimum absolute atomic E-state index is 0.0245. The maximum Gasteiger partial charge on any atom is 0.255 e. The molecule has 1 aliphatic rings. The van der Waals surface area contributed by atoms with Gasteiger partial charge >= 0.3 is 0 Å². The minimum atomic E-state index is -0.255. The van der Waals surface area contributed by atoms with Gasteiger partial charge in [-0.3, -0.25) is 4.79 Å². The summed E-state index contributed by atoms with van der Waals surface area (Å²) in [5.74, 6) is 0.756. The lowest BCUT2D eigenvalue weighted by atomic mass is 10.1. The lowest BCUT2D eigenvalue weighted by Gasteiger charge is -2.20. The highest BCUT2D eigenvalue weighted by Crippen LogP contribution is 2.23. The number of nitrogens with one attached hydrogen (secondary N) is 1. The van der Waals surface area contributed by atoms with Crippen LogP contribution in [0, 0.1) is 5.92 Å². The summed E-state index contributed by atoms with van der Waals surface area (Å²) < 4.78 is 5.08. The first-order valence-corrected chi connectivity index (χ1v) is 7.40. The van der Waals surface area contributed by atoms with Crippen LogP contribution in [0.4, 0.5) is 0 Å². The van der Waals surface area contributed by atoms with E-state index in [2.05, 4.69) is 24.1 Å². The van der Waals surface area contributed by atoms with Crippen LogP contribution in [0.25, 0.3) is 0 Å². The molecule has 0 aromatic heterocycles. The number of phenols is 1. The van der Waals surface area contributed by atoms with E-state index in [1.54, 1.807) is 12.1 Å². The molecule has 2 rings (SSSR count). The highest BCUT2D eigenvalue weighted by atomic mass is 16.5. The maximum absolute atomic E-state index is 12.2. The smallest absolute Gasteiger partial charge is 0.255 e. The number of nitrogens with zero attached hydrogens (tertiary/aromatic N) is 1. The van der Waals surface area contributed by atoms with Gasteiger partial charge in [0.25, 0.3) is 5.91 Å². The molecule has 5 heteroatoms. The Morgan fingerprint density at radius 1 is 1.52 bits per heavy atom. The van der Waals surface area contributed by atoms with Gasteiger partial charge in [0.1, 0.15) is 11.5 Å². The topological polar surface area (TPSA) is 61.8 Å². The molecular weight excluding hydrogens is 268 g/mol. The number of carbonyl (C=O) groups is 1. The fraction of sp³-hybridized carbons (Fsp3) is 0.562. The molecule has 21 heavy (non-hydrogen) atoms. The van der Waals surface area contributed by atoms with E-state index in [-0.39, 0.29) is 17.2 Å². The highest BCUT2D eigenvalue weighted by Gasteiger charge is 2.24. The third-order valence-electron chi connectivity index (χ3n) is 4.05. The van der Waals surface area contributed by atoms with E-state index < -0.39 is 0 Å². The molecule has 2 N–H and O–H groups in total. The minimum Gasteiger partial charge on any atom is -0.507 e. The van der Waals surface area contributed by atoms with Gasteiger partial charge in [-0.25, -0.2) is 0 Å². The standard InChI is InChI=1S/C16H24N2O3/c1-11(2)18-7-6-12(10-18)9-17-16(20)14-8-13(21-3)4-5-15(14)19/h4-5,8,11-12,19H,6-7,9-10H2,1-3H3,(H,17,20). The monoisotopic (exact) mass is 292 g/mol. The Balaban J connectivity index is 1.91. The molecule has 1 fully saturated rings. The number of amides is 1. The van der Waals surface area contributed by atoms with Crippen LogP contribution in [-0.4, -0.2) is 48.7 Å². The fourth-order valence-corrected chi connectivity index (χ4v) is 2.65. The number of hydrogen-bond donors (Lipinski definition) is 2. The molecule has 0 aliphatic carbocycles. The molecule has 1 unspecified atom stereocenters. The van der Waals surface area contributed by atoms with E-state index in [9.17, 15) is 9.90 Å². The first-order valence-electron chi connectivity index (χ1n) is 7.40. The van der Waals surface area contributed by atoms with Crippen LogP contribution >= 0.6 is 0 Å². The summed E-state index contributed by atoms with van der Waals surface area (Å²) in [5, 5.41) is 12.7. The molecule has 1 amide bonds. The molecule has 0 saturated carbocycles. The zero-order valence-corrected chi connectivity index (χ0v) is 12.9. The average molecular weight is 292 g/mol. The summed E-state index contributed by atoms with van der Waals surface area (Å²) in [6.07, 6.45) is 1.10. The Bertz CT molecular complexity index is 502. The van der Waals surface area contributed by atoms with Gasteiger partial charge in [-0.15, -0.1) is 0 Å². The van der Waals surface area contributed by atoms with Crippen molar-refractivity contribution in [2.45, 2.75) is 26.3 Å². The van der Waals surface area contributed by atoms with Crippen molar-refractivity contribution in [1.82, 2.24) is 10.2 Å². The maximum atomic E-state index is 12.2. The Kier molecular flexibility index (Phi) is 5.07. The normalized spacial score (nSPS) is 19.0. The number of rotatable bonds is 5. The van der Waals surface area contributed by atoms with Gasteiger partial charge < -0.3 is 20.1 Å². The van der Waals surface area contributed by atoms with Crippen molar-refractivity contribution >= 4 is 5.91 Å². The number of methoxy groups -OCH3 is 1. The number of phenolic OH excluding ortho intramolecular Hbond substituents is 1. The molecule has 5 nitrogen and oxygen atoms in total. The predicted molar refractivity (Wildman–Crippen MR) is 81.8 cm³/mol. The van der Waals surface area contributed by atoms with Gasteiger partial charge in [-0.1, -0.05) is 0 Å². The molecule has 1 aromatic rings. The molecule has 116 valence electrons. The second-order valence-electron chi connectivity index (χ2n) is 5.84. The van der Waals surface area contributed by atoms with Crippen molar-refractivity contribution in [1.29, 1.82) is 0 Å². The van der Waals surface area contributed by atoms with Crippen LogP contribution < -0.4 is 10.1 Å². The van der Waals surface area contributed by atoms with Crippen LogP contribution in [0.15, 0.2) is 18.2 Å². The van der Waals surface area contributed by atoms with Crippen molar-refractivity contribution in [3.63, 3.8) is 0 Å². The summed E-state index contributed by atoms with van der Waals surface area (Å²) in [4.78, 5) is 14.6. The van der Waals surface area contributed by atoms with Gasteiger partial charge in [0.2, 0.25) is 0 Å². The Labute approximate surface area is 125 Å². The first kappa shape index (κ1) is 15.6. The lowest BCUT2D eigenvalue weighted by molar-refractivity contribution is 0.0944. The molecule has 1 saturated heterocycles. The number of aromatic hydroxyl groups is 1. The molecule has 1 aliphatic heterocycles. The van der Waals surface area contributed by atoms with Crippen LogP contribution in [0.3, 0.4) is 0 Å². The van der Waals surface area contributed by atoms with Gasteiger partial charge in [-0.05, 0) is 50.9 Å². The Hall–Kier alpha value is -1.75. The zero-order valence-electron chi connectivity index (χ0n) is 12.9. The van der Waals surface area contributed by atoms with Crippen LogP contribution in [-0.2, 0) is 0 Å². The van der Waals surface area contributed by atoms with Crippen LogP contribution in [0.2, 0.25) is 0 Å². The molecule has 1 atom stereocenters.